The van der Waals surface area contributed by atoms with Crippen LogP contribution in [0.3, 0.4) is 0 Å². The van der Waals surface area contributed by atoms with E-state index in [1.54, 1.807) is 6.20 Å². The molecule has 1 aromatic heterocycles. The van der Waals surface area contributed by atoms with Gasteiger partial charge in [0.05, 0.1) is 18.5 Å². The number of benzene rings is 1. The molecule has 0 aliphatic heterocycles. The van der Waals surface area contributed by atoms with Gasteiger partial charge in [0.2, 0.25) is 0 Å². The second kappa shape index (κ2) is 8.33. The highest BCUT2D eigenvalue weighted by molar-refractivity contribution is 5.20. The number of aromatic nitrogens is 1. The number of hydrogen-bond donors (Lipinski definition) is 1. The third kappa shape index (κ3) is 5.02. The Hall–Kier alpha value is -1.87. The number of rotatable bonds is 8. The number of nitrogens with one attached hydrogen (secondary N) is 1. The maximum Gasteiger partial charge on any atom is 0.137 e. The molecule has 1 heterocycles. The maximum atomic E-state index is 5.70. The number of aryl methyl sites for hydroxylation is 1. The summed E-state index contributed by atoms with van der Waals surface area (Å²) in [6.45, 7) is 4.58. The summed E-state index contributed by atoms with van der Waals surface area (Å²) in [5.41, 5.74) is 2.40. The van der Waals surface area contributed by atoms with Crippen LogP contribution in [0.2, 0.25) is 0 Å². The molecule has 0 atom stereocenters. The molecule has 20 heavy (non-hydrogen) atoms. The van der Waals surface area contributed by atoms with Crippen molar-refractivity contribution in [1.29, 1.82) is 0 Å². The second-order valence-electron chi connectivity index (χ2n) is 4.70. The summed E-state index contributed by atoms with van der Waals surface area (Å²) >= 11 is 0. The minimum atomic E-state index is 0.725. The minimum absolute atomic E-state index is 0.725. The number of nitrogens with zero attached hydrogens (tertiary/aromatic N) is 1. The molecule has 106 valence electrons. The molecule has 0 fully saturated rings. The molecule has 1 N–H and O–H groups in total. The molecule has 3 heteroatoms. The summed E-state index contributed by atoms with van der Waals surface area (Å²) in [6.07, 6.45) is 3.87. The lowest BCUT2D eigenvalue weighted by Gasteiger charge is -2.07. The van der Waals surface area contributed by atoms with E-state index >= 15 is 0 Å². The quantitative estimate of drug-likeness (QED) is 0.748. The Kier molecular flexibility index (Phi) is 6.06. The fourth-order valence-electron chi connectivity index (χ4n) is 1.96. The lowest BCUT2D eigenvalue weighted by Crippen LogP contribution is -2.12. The Balaban J connectivity index is 1.69. The van der Waals surface area contributed by atoms with Gasteiger partial charge >= 0.3 is 0 Å². The fourth-order valence-corrected chi connectivity index (χ4v) is 1.96. The minimum Gasteiger partial charge on any atom is -0.492 e. The van der Waals surface area contributed by atoms with Crippen molar-refractivity contribution < 1.29 is 4.74 Å². The van der Waals surface area contributed by atoms with E-state index in [0.29, 0.717) is 0 Å². The van der Waals surface area contributed by atoms with Crippen molar-refractivity contribution in [2.45, 2.75) is 26.3 Å². The van der Waals surface area contributed by atoms with Crippen LogP contribution in [0.4, 0.5) is 0 Å². The number of pyridine rings is 1. The molecule has 0 radical (unpaired) electrons. The molecule has 0 saturated carbocycles. The molecule has 2 aromatic rings. The molecule has 1 aromatic carbocycles. The standard InChI is InChI=1S/C17H22N2O/c1-2-18-13-16-10-11-17(14-19-16)20-12-6-9-15-7-4-3-5-8-15/h3-5,7-8,10-11,14,18H,2,6,9,12-13H2,1H3. The second-order valence-corrected chi connectivity index (χ2v) is 4.70. The van der Waals surface area contributed by atoms with E-state index in [9.17, 15) is 0 Å². The molecule has 0 saturated heterocycles. The Morgan fingerprint density at radius 1 is 1.10 bits per heavy atom. The summed E-state index contributed by atoms with van der Waals surface area (Å²) in [5, 5.41) is 3.25. The predicted molar refractivity (Wildman–Crippen MR) is 81.9 cm³/mol. The molecule has 0 aliphatic rings. The Morgan fingerprint density at radius 3 is 2.65 bits per heavy atom. The molecule has 0 bridgehead atoms. The van der Waals surface area contributed by atoms with Gasteiger partial charge in [0, 0.05) is 6.54 Å². The first-order valence-corrected chi connectivity index (χ1v) is 7.21. The summed E-state index contributed by atoms with van der Waals surface area (Å²) < 4.78 is 5.70. The summed E-state index contributed by atoms with van der Waals surface area (Å²) in [7, 11) is 0. The van der Waals surface area contributed by atoms with Crippen LogP contribution in [0.25, 0.3) is 0 Å². The van der Waals surface area contributed by atoms with Crippen LogP contribution in [-0.2, 0) is 13.0 Å². The third-order valence-corrected chi connectivity index (χ3v) is 3.08. The van der Waals surface area contributed by atoms with Gasteiger partial charge in [0.15, 0.2) is 0 Å². The van der Waals surface area contributed by atoms with Crippen molar-refractivity contribution in [1.82, 2.24) is 10.3 Å². The van der Waals surface area contributed by atoms with E-state index in [-0.39, 0.29) is 0 Å². The number of ether oxygens (including phenoxy) is 1. The Labute approximate surface area is 121 Å². The van der Waals surface area contributed by atoms with Gasteiger partial charge in [0.25, 0.3) is 0 Å². The first-order chi connectivity index (χ1) is 9.88. The topological polar surface area (TPSA) is 34.1 Å². The average molecular weight is 270 g/mol. The van der Waals surface area contributed by atoms with Gasteiger partial charge in [-0.3, -0.25) is 4.98 Å². The highest BCUT2D eigenvalue weighted by Gasteiger charge is 1.97. The average Bonchev–Trinajstić information content (AvgIpc) is 2.52. The van der Waals surface area contributed by atoms with Gasteiger partial charge in [-0.05, 0) is 37.1 Å². The van der Waals surface area contributed by atoms with Crippen molar-refractivity contribution in [2.24, 2.45) is 0 Å². The lowest BCUT2D eigenvalue weighted by atomic mass is 10.1. The van der Waals surface area contributed by atoms with Gasteiger partial charge in [-0.2, -0.15) is 0 Å². The van der Waals surface area contributed by atoms with E-state index < -0.39 is 0 Å². The Bertz CT molecular complexity index is 482. The smallest absolute Gasteiger partial charge is 0.137 e. The molecule has 2 rings (SSSR count). The first-order valence-electron chi connectivity index (χ1n) is 7.21. The molecular weight excluding hydrogens is 248 g/mol. The monoisotopic (exact) mass is 270 g/mol. The van der Waals surface area contributed by atoms with Crippen molar-refractivity contribution in [2.75, 3.05) is 13.2 Å². The van der Waals surface area contributed by atoms with Crippen LogP contribution in [0.1, 0.15) is 24.6 Å². The highest BCUT2D eigenvalue weighted by atomic mass is 16.5. The summed E-state index contributed by atoms with van der Waals surface area (Å²) in [4.78, 5) is 4.37. The molecule has 0 amide bonds. The molecule has 0 aliphatic carbocycles. The first kappa shape index (κ1) is 14.5. The zero-order chi connectivity index (χ0) is 14.0. The van der Waals surface area contributed by atoms with Crippen LogP contribution < -0.4 is 10.1 Å². The van der Waals surface area contributed by atoms with Crippen LogP contribution in [0.5, 0.6) is 5.75 Å². The van der Waals surface area contributed by atoms with Crippen molar-refractivity contribution in [3.05, 3.63) is 59.9 Å². The van der Waals surface area contributed by atoms with E-state index in [1.165, 1.54) is 5.56 Å². The predicted octanol–water partition coefficient (Wildman–Crippen LogP) is 3.20. The van der Waals surface area contributed by atoms with Gasteiger partial charge in [0.1, 0.15) is 5.75 Å². The van der Waals surface area contributed by atoms with Crippen LogP contribution in [0, 0.1) is 0 Å². The van der Waals surface area contributed by atoms with Crippen LogP contribution in [-0.4, -0.2) is 18.1 Å². The zero-order valence-electron chi connectivity index (χ0n) is 12.0. The Morgan fingerprint density at radius 2 is 1.95 bits per heavy atom. The zero-order valence-corrected chi connectivity index (χ0v) is 12.0. The van der Waals surface area contributed by atoms with E-state index in [4.69, 9.17) is 4.74 Å². The maximum absolute atomic E-state index is 5.70. The van der Waals surface area contributed by atoms with Crippen molar-refractivity contribution in [3.63, 3.8) is 0 Å². The number of hydrogen-bond acceptors (Lipinski definition) is 3. The van der Waals surface area contributed by atoms with Gasteiger partial charge < -0.3 is 10.1 Å². The van der Waals surface area contributed by atoms with Crippen molar-refractivity contribution >= 4 is 0 Å². The van der Waals surface area contributed by atoms with Crippen LogP contribution in [0.15, 0.2) is 48.7 Å². The van der Waals surface area contributed by atoms with Crippen LogP contribution >= 0.6 is 0 Å². The lowest BCUT2D eigenvalue weighted by molar-refractivity contribution is 0.309. The summed E-state index contributed by atoms with van der Waals surface area (Å²) in [5.74, 6) is 0.846. The van der Waals surface area contributed by atoms with Gasteiger partial charge in [-0.1, -0.05) is 37.3 Å². The van der Waals surface area contributed by atoms with Gasteiger partial charge in [-0.15, -0.1) is 0 Å². The van der Waals surface area contributed by atoms with E-state index in [2.05, 4.69) is 41.5 Å². The largest absolute Gasteiger partial charge is 0.492 e. The van der Waals surface area contributed by atoms with E-state index in [0.717, 1.165) is 44.0 Å². The molecule has 0 unspecified atom stereocenters. The SMILES string of the molecule is CCNCc1ccc(OCCCc2ccccc2)cn1. The molecule has 0 spiro atoms. The highest BCUT2D eigenvalue weighted by Crippen LogP contribution is 2.10. The molecular formula is C17H22N2O. The summed E-state index contributed by atoms with van der Waals surface area (Å²) in [6, 6.07) is 14.5. The fraction of sp³-hybridized carbons (Fsp3) is 0.353. The van der Waals surface area contributed by atoms with Crippen molar-refractivity contribution in [3.8, 4) is 5.75 Å². The molecule has 3 nitrogen and oxygen atoms in total. The normalized spacial score (nSPS) is 10.4. The van der Waals surface area contributed by atoms with Gasteiger partial charge in [-0.25, -0.2) is 0 Å². The third-order valence-electron chi connectivity index (χ3n) is 3.08. The van der Waals surface area contributed by atoms with E-state index in [1.807, 2.05) is 18.2 Å².